The zero-order chi connectivity index (χ0) is 43.2. The zero-order valence-electron chi connectivity index (χ0n) is 36.5. The number of hydrogen-bond donors (Lipinski definition) is 1. The van der Waals surface area contributed by atoms with Crippen molar-refractivity contribution in [1.82, 2.24) is 24.7 Å². The van der Waals surface area contributed by atoms with Crippen molar-refractivity contribution in [3.05, 3.63) is 59.6 Å². The Balaban J connectivity index is 1.11. The summed E-state index contributed by atoms with van der Waals surface area (Å²) in [5, 5.41) is 12.0. The molecule has 61 heavy (non-hydrogen) atoms. The lowest BCUT2D eigenvalue weighted by atomic mass is 9.71. The Morgan fingerprint density at radius 3 is 2.64 bits per heavy atom. The van der Waals surface area contributed by atoms with Gasteiger partial charge >= 0.3 is 6.01 Å². The molecule has 0 unspecified atom stereocenters. The minimum absolute atomic E-state index is 0.0362. The number of carbonyl (C=O) groups excluding carboxylic acids is 1. The maximum atomic E-state index is 16.0. The number of anilines is 1. The first kappa shape index (κ1) is 43.2. The molecule has 5 heterocycles. The number of nitrogens with zero attached hydrogens (tertiary/aromatic N) is 6. The molecule has 0 radical (unpaired) electrons. The van der Waals surface area contributed by atoms with Crippen LogP contribution in [0.4, 0.5) is 14.6 Å². The summed E-state index contributed by atoms with van der Waals surface area (Å²) in [5.41, 5.74) is 0.399. The van der Waals surface area contributed by atoms with E-state index in [2.05, 4.69) is 50.0 Å². The molecule has 1 saturated carbocycles. The molecule has 1 N–H and O–H groups in total. The minimum Gasteiger partial charge on any atom is -0.508 e. The van der Waals surface area contributed by atoms with Gasteiger partial charge in [0.25, 0.3) is 0 Å². The van der Waals surface area contributed by atoms with Crippen LogP contribution in [0.1, 0.15) is 95.4 Å². The van der Waals surface area contributed by atoms with Crippen LogP contribution in [0.3, 0.4) is 0 Å². The van der Waals surface area contributed by atoms with E-state index in [0.29, 0.717) is 78.2 Å². The normalized spacial score (nSPS) is 28.6. The standard InChI is InChI=1S/C48H62F2N6O5/c1-8-38-40(50)17-12-31-21-37(57)23-39(43(31)38)32-22-41-44(60-28-32)45(53(7)26-36-11-10-18-55(36)42(58)9-2)52-46(51-41)61-29-48(47(4,5)6)24-33(49)25-56(48)35-15-13-34(14-16-35)54-19-20-59-27-30(54)3/h1,9,12,17,21,23,30,32-36,57H,2,10-11,13-16,18-20,22,24-29H2,3-7H3/t30-,32-,33+,34?,35?,36-,48-/m0/s1. The lowest BCUT2D eigenvalue weighted by Gasteiger charge is -2.52. The molecule has 8 rings (SSSR count). The van der Waals surface area contributed by atoms with Crippen molar-refractivity contribution < 1.29 is 32.9 Å². The number of halogens is 2. The second kappa shape index (κ2) is 17.3. The molecule has 3 aromatic rings. The van der Waals surface area contributed by atoms with Gasteiger partial charge in [0.2, 0.25) is 5.91 Å². The summed E-state index contributed by atoms with van der Waals surface area (Å²) >= 11 is 0. The monoisotopic (exact) mass is 840 g/mol. The number of amides is 1. The van der Waals surface area contributed by atoms with Crippen molar-refractivity contribution in [1.29, 1.82) is 0 Å². The second-order valence-corrected chi connectivity index (χ2v) is 19.1. The van der Waals surface area contributed by atoms with Gasteiger partial charge in [-0.25, -0.2) is 8.78 Å². The topological polar surface area (TPSA) is 104 Å². The lowest BCUT2D eigenvalue weighted by molar-refractivity contribution is -0.126. The first-order valence-corrected chi connectivity index (χ1v) is 22.2. The Kier molecular flexibility index (Phi) is 12.3. The third kappa shape index (κ3) is 8.28. The van der Waals surface area contributed by atoms with E-state index >= 15 is 8.78 Å². The summed E-state index contributed by atoms with van der Waals surface area (Å²) < 4.78 is 50.2. The van der Waals surface area contributed by atoms with E-state index in [-0.39, 0.29) is 59.9 Å². The third-order valence-electron chi connectivity index (χ3n) is 14.4. The number of likely N-dealkylation sites (tertiary alicyclic amines) is 2. The molecular weight excluding hydrogens is 779 g/mol. The molecular formula is C48H62F2N6O5. The summed E-state index contributed by atoms with van der Waals surface area (Å²) in [5.74, 6) is 2.63. The number of likely N-dealkylation sites (N-methyl/N-ethyl adjacent to an activating group) is 1. The maximum Gasteiger partial charge on any atom is 0.318 e. The van der Waals surface area contributed by atoms with Crippen LogP contribution in [0.5, 0.6) is 17.5 Å². The number of terminal acetylenes is 1. The average molecular weight is 841 g/mol. The summed E-state index contributed by atoms with van der Waals surface area (Å²) in [6.07, 6.45) is 12.8. The molecule has 13 heteroatoms. The molecule has 3 saturated heterocycles. The van der Waals surface area contributed by atoms with Crippen LogP contribution in [0.25, 0.3) is 10.8 Å². The van der Waals surface area contributed by atoms with Crippen LogP contribution in [0.2, 0.25) is 0 Å². The molecule has 0 bridgehead atoms. The van der Waals surface area contributed by atoms with Gasteiger partial charge in [-0.15, -0.1) is 6.42 Å². The number of hydrogen-bond acceptors (Lipinski definition) is 10. The third-order valence-corrected chi connectivity index (χ3v) is 14.4. The van der Waals surface area contributed by atoms with Crippen LogP contribution in [0.15, 0.2) is 36.9 Å². The Morgan fingerprint density at radius 2 is 1.92 bits per heavy atom. The first-order chi connectivity index (χ1) is 29.2. The van der Waals surface area contributed by atoms with E-state index in [1.807, 2.05) is 16.8 Å². The molecule has 4 aliphatic heterocycles. The number of aromatic nitrogens is 2. The summed E-state index contributed by atoms with van der Waals surface area (Å²) in [7, 11) is 1.93. The predicted octanol–water partition coefficient (Wildman–Crippen LogP) is 7.03. The molecule has 1 aliphatic carbocycles. The number of phenols is 1. The minimum atomic E-state index is -0.998. The maximum absolute atomic E-state index is 16.0. The van der Waals surface area contributed by atoms with Gasteiger partial charge in [0.15, 0.2) is 11.6 Å². The first-order valence-electron chi connectivity index (χ1n) is 22.2. The summed E-state index contributed by atoms with van der Waals surface area (Å²) in [6.45, 7) is 16.9. The van der Waals surface area contributed by atoms with Crippen LogP contribution in [-0.4, -0.2) is 131 Å². The lowest BCUT2D eigenvalue weighted by Crippen LogP contribution is -2.61. The zero-order valence-corrected chi connectivity index (χ0v) is 36.5. The highest BCUT2D eigenvalue weighted by atomic mass is 19.1. The molecule has 1 aromatic heterocycles. The molecule has 5 aliphatic rings. The van der Waals surface area contributed by atoms with E-state index in [1.165, 1.54) is 12.1 Å². The quantitative estimate of drug-likeness (QED) is 0.169. The molecule has 1 amide bonds. The van der Waals surface area contributed by atoms with Gasteiger partial charge in [0.1, 0.15) is 24.3 Å². The van der Waals surface area contributed by atoms with Crippen LogP contribution in [0, 0.1) is 23.6 Å². The van der Waals surface area contributed by atoms with Gasteiger partial charge in [-0.2, -0.15) is 9.97 Å². The van der Waals surface area contributed by atoms with E-state index < -0.39 is 17.5 Å². The van der Waals surface area contributed by atoms with E-state index in [1.54, 1.807) is 18.2 Å². The van der Waals surface area contributed by atoms with Crippen LogP contribution in [-0.2, 0) is 16.0 Å². The molecule has 5 atom stereocenters. The van der Waals surface area contributed by atoms with Gasteiger partial charge in [-0.1, -0.05) is 39.3 Å². The number of aromatic hydroxyl groups is 1. The number of fused-ring (bicyclic) bond motifs is 2. The Bertz CT molecular complexity index is 2170. The number of carbonyl (C=O) groups is 1. The van der Waals surface area contributed by atoms with Crippen molar-refractivity contribution in [2.45, 2.75) is 121 Å². The van der Waals surface area contributed by atoms with E-state index in [9.17, 15) is 9.90 Å². The number of benzene rings is 2. The fourth-order valence-corrected chi connectivity index (χ4v) is 11.2. The number of alkyl halides is 1. The molecule has 11 nitrogen and oxygen atoms in total. The van der Waals surface area contributed by atoms with E-state index in [0.717, 1.165) is 58.3 Å². The number of rotatable bonds is 10. The van der Waals surface area contributed by atoms with Crippen molar-refractivity contribution in [2.24, 2.45) is 5.41 Å². The van der Waals surface area contributed by atoms with E-state index in [4.69, 9.17) is 30.6 Å². The Labute approximate surface area is 359 Å². The van der Waals surface area contributed by atoms with Crippen LogP contribution < -0.4 is 14.4 Å². The number of morpholine rings is 1. The Hall–Kier alpha value is -4.51. The van der Waals surface area contributed by atoms with Crippen molar-refractivity contribution in [2.75, 3.05) is 64.6 Å². The summed E-state index contributed by atoms with van der Waals surface area (Å²) in [4.78, 5) is 31.7. The van der Waals surface area contributed by atoms with Crippen molar-refractivity contribution in [3.63, 3.8) is 0 Å². The van der Waals surface area contributed by atoms with Gasteiger partial charge in [-0.3, -0.25) is 14.6 Å². The smallest absolute Gasteiger partial charge is 0.318 e. The molecule has 4 fully saturated rings. The highest BCUT2D eigenvalue weighted by Crippen LogP contribution is 2.49. The summed E-state index contributed by atoms with van der Waals surface area (Å²) in [6, 6.07) is 7.36. The number of ether oxygens (including phenoxy) is 3. The number of phenolic OH excluding ortho intramolecular Hbond substituents is 1. The van der Waals surface area contributed by atoms with Gasteiger partial charge in [0.05, 0.1) is 36.6 Å². The fraction of sp³-hybridized carbons (Fsp3) is 0.604. The SMILES string of the molecule is C#Cc1c(F)ccc2cc(O)cc([C@@H]3COc4c(nc(OC[C@]5(C(C)(C)C)C[C@@H](F)CN5C5CCC(N6CCOC[C@@H]6C)CC5)nc4N(C)C[C@@H]4CCCN4C(=O)C=C)C3)c12. The molecule has 2 aromatic carbocycles. The van der Waals surface area contributed by atoms with Gasteiger partial charge in [-0.05, 0) is 86.1 Å². The largest absolute Gasteiger partial charge is 0.508 e. The predicted molar refractivity (Wildman–Crippen MR) is 233 cm³/mol. The van der Waals surface area contributed by atoms with Crippen LogP contribution >= 0.6 is 0 Å². The van der Waals surface area contributed by atoms with Crippen molar-refractivity contribution in [3.8, 4) is 29.9 Å². The average Bonchev–Trinajstić information content (AvgIpc) is 3.86. The molecule has 328 valence electrons. The second-order valence-electron chi connectivity index (χ2n) is 19.1. The van der Waals surface area contributed by atoms with Gasteiger partial charge < -0.3 is 29.1 Å². The van der Waals surface area contributed by atoms with Crippen molar-refractivity contribution >= 4 is 22.5 Å². The van der Waals surface area contributed by atoms with Gasteiger partial charge in [0, 0.05) is 81.5 Å². The highest BCUT2D eigenvalue weighted by Gasteiger charge is 2.56. The molecule has 0 spiro atoms. The Morgan fingerprint density at radius 1 is 1.15 bits per heavy atom. The highest BCUT2D eigenvalue weighted by molar-refractivity contribution is 5.93. The fourth-order valence-electron chi connectivity index (χ4n) is 11.2.